The molecule has 26 heavy (non-hydrogen) atoms. The largest absolute Gasteiger partial charge is 0.493 e. The normalized spacial score (nSPS) is 24.5. The molecular formula is C18H22ClN3O4. The van der Waals surface area contributed by atoms with E-state index in [1.54, 1.807) is 0 Å². The number of aliphatic hydroxyl groups excluding tert-OH is 2. The Morgan fingerprint density at radius 3 is 2.50 bits per heavy atom. The molecule has 1 aromatic heterocycles. The number of amides is 1. The fraction of sp³-hybridized carbons (Fsp3) is 0.389. The van der Waals surface area contributed by atoms with Gasteiger partial charge in [-0.15, -0.1) is 12.4 Å². The highest BCUT2D eigenvalue weighted by Crippen LogP contribution is 2.38. The van der Waals surface area contributed by atoms with E-state index in [2.05, 4.69) is 15.3 Å². The maximum atomic E-state index is 12.2. The lowest BCUT2D eigenvalue weighted by Crippen LogP contribution is -2.40. The molecule has 8 heteroatoms. The highest BCUT2D eigenvalue weighted by atomic mass is 35.5. The van der Waals surface area contributed by atoms with Gasteiger partial charge in [-0.3, -0.25) is 9.78 Å². The third kappa shape index (κ3) is 4.91. The quantitative estimate of drug-likeness (QED) is 0.696. The summed E-state index contributed by atoms with van der Waals surface area (Å²) in [5, 5.41) is 22.8. The summed E-state index contributed by atoms with van der Waals surface area (Å²) in [5.41, 5.74) is -0.326. The van der Waals surface area contributed by atoms with E-state index in [-0.39, 0.29) is 37.2 Å². The Morgan fingerprint density at radius 2 is 1.88 bits per heavy atom. The Kier molecular flexibility index (Phi) is 6.90. The summed E-state index contributed by atoms with van der Waals surface area (Å²) >= 11 is 0. The molecule has 1 aliphatic carbocycles. The minimum absolute atomic E-state index is 0. The van der Waals surface area contributed by atoms with Crippen LogP contribution in [0.1, 0.15) is 23.3 Å². The van der Waals surface area contributed by atoms with Crippen molar-refractivity contribution in [3.05, 3.63) is 54.6 Å². The van der Waals surface area contributed by atoms with Crippen molar-refractivity contribution in [3.8, 4) is 5.75 Å². The molecule has 1 amide bonds. The summed E-state index contributed by atoms with van der Waals surface area (Å²) in [6.07, 6.45) is 3.38. The monoisotopic (exact) mass is 379 g/mol. The van der Waals surface area contributed by atoms with Crippen molar-refractivity contribution in [2.45, 2.75) is 25.0 Å². The van der Waals surface area contributed by atoms with Crippen LogP contribution in [0.2, 0.25) is 0 Å². The standard InChI is InChI=1S/C18H21N3O4.ClH/c22-15-8-18(9-16(15)23,12-25-13-4-2-1-3-5-13)11-21-17(24)14-10-19-6-7-20-14;/h1-7,10,15-16,22-23H,8-9,11-12H2,(H,21,24);1H/t15-,16+,18?;. The Labute approximate surface area is 157 Å². The van der Waals surface area contributed by atoms with Crippen LogP contribution in [-0.2, 0) is 0 Å². The molecule has 1 unspecified atom stereocenters. The SMILES string of the molecule is Cl.O=C(NCC1(COc2ccccc2)C[C@@H](O)[C@@H](O)C1)c1cnccn1. The van der Waals surface area contributed by atoms with Crippen LogP contribution in [0.25, 0.3) is 0 Å². The first-order chi connectivity index (χ1) is 12.1. The predicted octanol–water partition coefficient (Wildman–Crippen LogP) is 1.21. The topological polar surface area (TPSA) is 105 Å². The minimum Gasteiger partial charge on any atom is -0.493 e. The van der Waals surface area contributed by atoms with E-state index in [4.69, 9.17) is 4.74 Å². The smallest absolute Gasteiger partial charge is 0.271 e. The number of aromatic nitrogens is 2. The molecular weight excluding hydrogens is 358 g/mol. The second kappa shape index (κ2) is 8.93. The van der Waals surface area contributed by atoms with Crippen LogP contribution in [-0.4, -0.2) is 51.4 Å². The maximum absolute atomic E-state index is 12.2. The number of hydrogen-bond acceptors (Lipinski definition) is 6. The van der Waals surface area contributed by atoms with Crippen molar-refractivity contribution < 1.29 is 19.7 Å². The van der Waals surface area contributed by atoms with E-state index in [1.165, 1.54) is 18.6 Å². The zero-order valence-corrected chi connectivity index (χ0v) is 14.9. The van der Waals surface area contributed by atoms with Crippen LogP contribution in [0.3, 0.4) is 0 Å². The van der Waals surface area contributed by atoms with Crippen LogP contribution in [0.15, 0.2) is 48.9 Å². The number of hydrogen-bond donors (Lipinski definition) is 3. The summed E-state index contributed by atoms with van der Waals surface area (Å²) < 4.78 is 5.83. The molecule has 0 aliphatic heterocycles. The van der Waals surface area contributed by atoms with Crippen LogP contribution in [0.4, 0.5) is 0 Å². The molecule has 1 heterocycles. The van der Waals surface area contributed by atoms with Gasteiger partial charge in [-0.2, -0.15) is 0 Å². The van der Waals surface area contributed by atoms with Crippen LogP contribution < -0.4 is 10.1 Å². The summed E-state index contributed by atoms with van der Waals surface area (Å²) in [6, 6.07) is 9.32. The van der Waals surface area contributed by atoms with E-state index < -0.39 is 17.6 Å². The van der Waals surface area contributed by atoms with E-state index in [0.29, 0.717) is 18.6 Å². The lowest BCUT2D eigenvalue weighted by Gasteiger charge is -2.29. The molecule has 1 saturated carbocycles. The third-order valence-electron chi connectivity index (χ3n) is 4.44. The summed E-state index contributed by atoms with van der Waals surface area (Å²) in [4.78, 5) is 20.0. The molecule has 0 bridgehead atoms. The number of benzene rings is 1. The number of nitrogens with zero attached hydrogens (tertiary/aromatic N) is 2. The Bertz CT molecular complexity index is 692. The maximum Gasteiger partial charge on any atom is 0.271 e. The Balaban J connectivity index is 0.00000243. The zero-order chi connectivity index (χ0) is 17.7. The van der Waals surface area contributed by atoms with Gasteiger partial charge in [0.25, 0.3) is 5.91 Å². The van der Waals surface area contributed by atoms with Crippen LogP contribution in [0.5, 0.6) is 5.75 Å². The molecule has 2 aromatic rings. The number of halogens is 1. The lowest BCUT2D eigenvalue weighted by molar-refractivity contribution is 0.0438. The van der Waals surface area contributed by atoms with Gasteiger partial charge in [-0.05, 0) is 25.0 Å². The van der Waals surface area contributed by atoms with Gasteiger partial charge in [0, 0.05) is 24.4 Å². The molecule has 1 fully saturated rings. The van der Waals surface area contributed by atoms with Crippen LogP contribution >= 0.6 is 12.4 Å². The van der Waals surface area contributed by atoms with E-state index in [9.17, 15) is 15.0 Å². The molecule has 3 rings (SSSR count). The van der Waals surface area contributed by atoms with Crippen molar-refractivity contribution in [2.24, 2.45) is 5.41 Å². The fourth-order valence-electron chi connectivity index (χ4n) is 3.08. The Morgan fingerprint density at radius 1 is 1.19 bits per heavy atom. The number of aliphatic hydroxyl groups is 2. The van der Waals surface area contributed by atoms with Gasteiger partial charge < -0.3 is 20.3 Å². The molecule has 0 spiro atoms. The number of carbonyl (C=O) groups is 1. The highest BCUT2D eigenvalue weighted by molar-refractivity contribution is 5.91. The molecule has 0 radical (unpaired) electrons. The van der Waals surface area contributed by atoms with E-state index in [1.807, 2.05) is 30.3 Å². The molecule has 1 aromatic carbocycles. The highest BCUT2D eigenvalue weighted by Gasteiger charge is 2.45. The van der Waals surface area contributed by atoms with Gasteiger partial charge in [0.1, 0.15) is 11.4 Å². The van der Waals surface area contributed by atoms with Crippen molar-refractivity contribution >= 4 is 18.3 Å². The van der Waals surface area contributed by atoms with Crippen molar-refractivity contribution in [2.75, 3.05) is 13.2 Å². The summed E-state index contributed by atoms with van der Waals surface area (Å²) in [7, 11) is 0. The number of rotatable bonds is 6. The summed E-state index contributed by atoms with van der Waals surface area (Å²) in [5.74, 6) is 0.362. The molecule has 1 aliphatic rings. The van der Waals surface area contributed by atoms with Crippen molar-refractivity contribution in [3.63, 3.8) is 0 Å². The molecule has 3 atom stereocenters. The first-order valence-corrected chi connectivity index (χ1v) is 8.16. The van der Waals surface area contributed by atoms with Gasteiger partial charge >= 0.3 is 0 Å². The second-order valence-electron chi connectivity index (χ2n) is 6.42. The third-order valence-corrected chi connectivity index (χ3v) is 4.44. The second-order valence-corrected chi connectivity index (χ2v) is 6.42. The first kappa shape index (κ1) is 20.1. The van der Waals surface area contributed by atoms with Crippen molar-refractivity contribution in [1.29, 1.82) is 0 Å². The predicted molar refractivity (Wildman–Crippen MR) is 97.2 cm³/mol. The number of nitrogens with one attached hydrogen (secondary N) is 1. The first-order valence-electron chi connectivity index (χ1n) is 8.16. The molecule has 140 valence electrons. The fourth-order valence-corrected chi connectivity index (χ4v) is 3.08. The van der Waals surface area contributed by atoms with E-state index >= 15 is 0 Å². The average Bonchev–Trinajstić information content (AvgIpc) is 2.94. The Hall–Kier alpha value is -2.22. The van der Waals surface area contributed by atoms with Gasteiger partial charge in [0.05, 0.1) is 25.0 Å². The lowest BCUT2D eigenvalue weighted by atomic mass is 9.86. The van der Waals surface area contributed by atoms with Gasteiger partial charge in [-0.25, -0.2) is 4.98 Å². The molecule has 3 N–H and O–H groups in total. The number of para-hydroxylation sites is 1. The number of ether oxygens (including phenoxy) is 1. The zero-order valence-electron chi connectivity index (χ0n) is 14.1. The van der Waals surface area contributed by atoms with Crippen LogP contribution in [0, 0.1) is 5.41 Å². The van der Waals surface area contributed by atoms with Gasteiger partial charge in [-0.1, -0.05) is 18.2 Å². The molecule has 7 nitrogen and oxygen atoms in total. The minimum atomic E-state index is -0.826. The van der Waals surface area contributed by atoms with Gasteiger partial charge in [0.15, 0.2) is 0 Å². The van der Waals surface area contributed by atoms with Crippen molar-refractivity contribution in [1.82, 2.24) is 15.3 Å². The van der Waals surface area contributed by atoms with E-state index in [0.717, 1.165) is 0 Å². The van der Waals surface area contributed by atoms with Gasteiger partial charge in [0.2, 0.25) is 0 Å². The molecule has 0 saturated heterocycles. The average molecular weight is 380 g/mol. The summed E-state index contributed by atoms with van der Waals surface area (Å²) in [6.45, 7) is 0.551. The number of carbonyl (C=O) groups excluding carboxylic acids is 1.